The summed E-state index contributed by atoms with van der Waals surface area (Å²) in [6.45, 7) is 1.52. The van der Waals surface area contributed by atoms with Crippen molar-refractivity contribution < 1.29 is 13.5 Å². The Kier molecular flexibility index (Phi) is 3.68. The minimum absolute atomic E-state index is 0.326. The zero-order chi connectivity index (χ0) is 10.6. The van der Waals surface area contributed by atoms with E-state index in [4.69, 9.17) is 4.74 Å². The number of hydrogen-bond donors (Lipinski definition) is 1. The Bertz CT molecular complexity index is 302. The molecule has 1 aromatic rings. The first kappa shape index (κ1) is 10.8. The summed E-state index contributed by atoms with van der Waals surface area (Å²) >= 11 is 0. The molecule has 0 bridgehead atoms. The minimum atomic E-state index is -2.34. The number of aryl methyl sites for hydroxylation is 1. The van der Waals surface area contributed by atoms with Gasteiger partial charge in [-0.1, -0.05) is 0 Å². The van der Waals surface area contributed by atoms with Gasteiger partial charge in [-0.15, -0.1) is 0 Å². The lowest BCUT2D eigenvalue weighted by molar-refractivity contribution is 0.163. The lowest BCUT2D eigenvalue weighted by Gasteiger charge is -2.10. The number of rotatable bonds is 4. The molecule has 0 spiro atoms. The summed E-state index contributed by atoms with van der Waals surface area (Å²) in [5.74, 6) is 0.727. The van der Waals surface area contributed by atoms with Gasteiger partial charge in [-0.3, -0.25) is 0 Å². The largest absolute Gasteiger partial charge is 0.497 e. The normalized spacial score (nSPS) is 10.4. The second-order valence-corrected chi connectivity index (χ2v) is 2.95. The first-order valence-corrected chi connectivity index (χ1v) is 4.30. The fourth-order valence-electron chi connectivity index (χ4n) is 1.15. The molecular formula is C10H13F2NO. The van der Waals surface area contributed by atoms with Crippen LogP contribution in [0.2, 0.25) is 0 Å². The summed E-state index contributed by atoms with van der Waals surface area (Å²) in [5, 5.41) is 2.66. The minimum Gasteiger partial charge on any atom is -0.497 e. The molecule has 0 aliphatic rings. The van der Waals surface area contributed by atoms with Crippen molar-refractivity contribution in [1.29, 1.82) is 0 Å². The van der Waals surface area contributed by atoms with Crippen molar-refractivity contribution in [3.63, 3.8) is 0 Å². The summed E-state index contributed by atoms with van der Waals surface area (Å²) in [4.78, 5) is 0. The van der Waals surface area contributed by atoms with Crippen molar-refractivity contribution in [3.05, 3.63) is 23.8 Å². The van der Waals surface area contributed by atoms with Gasteiger partial charge in [0.25, 0.3) is 6.43 Å². The molecule has 0 heterocycles. The van der Waals surface area contributed by atoms with Gasteiger partial charge in [-0.05, 0) is 30.7 Å². The maximum atomic E-state index is 11.9. The maximum Gasteiger partial charge on any atom is 0.255 e. The molecule has 0 aliphatic carbocycles. The van der Waals surface area contributed by atoms with Crippen LogP contribution in [0.1, 0.15) is 5.56 Å². The molecule has 2 nitrogen and oxygen atoms in total. The van der Waals surface area contributed by atoms with Gasteiger partial charge in [0.15, 0.2) is 0 Å². The number of anilines is 1. The standard InChI is InChI=1S/C10H13F2NO/c1-7-5-8(14-2)3-4-9(7)13-6-10(11)12/h3-5,10,13H,6H2,1-2H3. The zero-order valence-corrected chi connectivity index (χ0v) is 8.18. The van der Waals surface area contributed by atoms with E-state index in [0.29, 0.717) is 5.69 Å². The molecule has 0 aromatic heterocycles. The van der Waals surface area contributed by atoms with Crippen molar-refractivity contribution in [3.8, 4) is 5.75 Å². The van der Waals surface area contributed by atoms with Crippen molar-refractivity contribution in [1.82, 2.24) is 0 Å². The van der Waals surface area contributed by atoms with E-state index in [1.807, 2.05) is 6.92 Å². The van der Waals surface area contributed by atoms with Gasteiger partial charge < -0.3 is 10.1 Å². The van der Waals surface area contributed by atoms with Gasteiger partial charge in [0.05, 0.1) is 13.7 Å². The van der Waals surface area contributed by atoms with Crippen LogP contribution < -0.4 is 10.1 Å². The fourth-order valence-corrected chi connectivity index (χ4v) is 1.15. The molecule has 1 N–H and O–H groups in total. The molecule has 0 amide bonds. The van der Waals surface area contributed by atoms with Crippen LogP contribution in [0.3, 0.4) is 0 Å². The van der Waals surface area contributed by atoms with Crippen molar-refractivity contribution in [2.45, 2.75) is 13.3 Å². The lowest BCUT2D eigenvalue weighted by atomic mass is 10.2. The number of benzene rings is 1. The molecule has 1 rings (SSSR count). The van der Waals surface area contributed by atoms with Crippen LogP contribution in [-0.2, 0) is 0 Å². The Balaban J connectivity index is 2.69. The van der Waals surface area contributed by atoms with E-state index in [9.17, 15) is 8.78 Å². The van der Waals surface area contributed by atoms with E-state index >= 15 is 0 Å². The van der Waals surface area contributed by atoms with Gasteiger partial charge in [0.2, 0.25) is 0 Å². The number of hydrogen-bond acceptors (Lipinski definition) is 2. The molecule has 0 saturated carbocycles. The van der Waals surface area contributed by atoms with Crippen LogP contribution in [0.25, 0.3) is 0 Å². The Labute approximate surface area is 81.9 Å². The summed E-state index contributed by atoms with van der Waals surface area (Å²) in [6, 6.07) is 5.27. The highest BCUT2D eigenvalue weighted by Crippen LogP contribution is 2.20. The number of ether oxygens (including phenoxy) is 1. The molecule has 4 heteroatoms. The first-order valence-electron chi connectivity index (χ1n) is 4.30. The smallest absolute Gasteiger partial charge is 0.255 e. The molecular weight excluding hydrogens is 188 g/mol. The van der Waals surface area contributed by atoms with E-state index in [1.165, 1.54) is 0 Å². The molecule has 0 fully saturated rings. The van der Waals surface area contributed by atoms with E-state index in [0.717, 1.165) is 11.3 Å². The van der Waals surface area contributed by atoms with Crippen molar-refractivity contribution in [2.24, 2.45) is 0 Å². The number of halogens is 2. The third-order valence-electron chi connectivity index (χ3n) is 1.88. The Morgan fingerprint density at radius 2 is 2.14 bits per heavy atom. The summed E-state index contributed by atoms with van der Waals surface area (Å²) in [6.07, 6.45) is -2.34. The molecule has 0 atom stereocenters. The SMILES string of the molecule is COc1ccc(NCC(F)F)c(C)c1. The van der Waals surface area contributed by atoms with E-state index in [2.05, 4.69) is 5.32 Å². The predicted octanol–water partition coefficient (Wildman–Crippen LogP) is 2.68. The maximum absolute atomic E-state index is 11.9. The lowest BCUT2D eigenvalue weighted by Crippen LogP contribution is -2.10. The van der Waals surface area contributed by atoms with Crippen LogP contribution in [0.15, 0.2) is 18.2 Å². The van der Waals surface area contributed by atoms with E-state index < -0.39 is 6.43 Å². The van der Waals surface area contributed by atoms with Crippen LogP contribution in [-0.4, -0.2) is 20.1 Å². The Morgan fingerprint density at radius 3 is 2.64 bits per heavy atom. The third-order valence-corrected chi connectivity index (χ3v) is 1.88. The van der Waals surface area contributed by atoms with Crippen molar-refractivity contribution >= 4 is 5.69 Å². The zero-order valence-electron chi connectivity index (χ0n) is 8.18. The molecule has 78 valence electrons. The third kappa shape index (κ3) is 2.87. The van der Waals surface area contributed by atoms with E-state index in [-0.39, 0.29) is 6.54 Å². The molecule has 1 aromatic carbocycles. The average molecular weight is 201 g/mol. The quantitative estimate of drug-likeness (QED) is 0.808. The fraction of sp³-hybridized carbons (Fsp3) is 0.400. The summed E-state index contributed by atoms with van der Waals surface area (Å²) in [5.41, 5.74) is 1.61. The van der Waals surface area contributed by atoms with Crippen LogP contribution in [0.4, 0.5) is 14.5 Å². The van der Waals surface area contributed by atoms with Gasteiger partial charge in [0, 0.05) is 5.69 Å². The van der Waals surface area contributed by atoms with Gasteiger partial charge >= 0.3 is 0 Å². The predicted molar refractivity (Wildman–Crippen MR) is 52.2 cm³/mol. The monoisotopic (exact) mass is 201 g/mol. The molecule has 0 aliphatic heterocycles. The molecule has 0 radical (unpaired) electrons. The summed E-state index contributed by atoms with van der Waals surface area (Å²) < 4.78 is 28.8. The average Bonchev–Trinajstić information content (AvgIpc) is 2.15. The second-order valence-electron chi connectivity index (χ2n) is 2.95. The summed E-state index contributed by atoms with van der Waals surface area (Å²) in [7, 11) is 1.57. The van der Waals surface area contributed by atoms with Crippen LogP contribution >= 0.6 is 0 Å². The van der Waals surface area contributed by atoms with Gasteiger partial charge in [-0.25, -0.2) is 8.78 Å². The Hall–Kier alpha value is -1.32. The second kappa shape index (κ2) is 4.79. The van der Waals surface area contributed by atoms with Crippen LogP contribution in [0.5, 0.6) is 5.75 Å². The first-order chi connectivity index (χ1) is 6.63. The highest BCUT2D eigenvalue weighted by atomic mass is 19.3. The van der Waals surface area contributed by atoms with E-state index in [1.54, 1.807) is 25.3 Å². The highest BCUT2D eigenvalue weighted by molar-refractivity contribution is 5.53. The number of methoxy groups -OCH3 is 1. The molecule has 0 saturated heterocycles. The number of nitrogens with one attached hydrogen (secondary N) is 1. The van der Waals surface area contributed by atoms with Gasteiger partial charge in [-0.2, -0.15) is 0 Å². The highest BCUT2D eigenvalue weighted by Gasteiger charge is 2.04. The van der Waals surface area contributed by atoms with Crippen molar-refractivity contribution in [2.75, 3.05) is 19.0 Å². The molecule has 0 unspecified atom stereocenters. The Morgan fingerprint density at radius 1 is 1.43 bits per heavy atom. The number of alkyl halides is 2. The van der Waals surface area contributed by atoms with Gasteiger partial charge in [0.1, 0.15) is 5.75 Å². The topological polar surface area (TPSA) is 21.3 Å². The molecule has 14 heavy (non-hydrogen) atoms. The van der Waals surface area contributed by atoms with Crippen LogP contribution in [0, 0.1) is 6.92 Å².